The SMILES string of the molecule is c1ccc(-c2nc(-c3ccccc3)nc(-c3cccc(-c4cccc5oc6ccccc6c45)c3-c3ccccc3)n2)cc1. The third-order valence-corrected chi connectivity index (χ3v) is 7.76. The second-order valence-electron chi connectivity index (χ2n) is 10.4. The third-order valence-electron chi connectivity index (χ3n) is 7.76. The van der Waals surface area contributed by atoms with Gasteiger partial charge in [-0.2, -0.15) is 0 Å². The second kappa shape index (κ2) is 10.5. The van der Waals surface area contributed by atoms with Gasteiger partial charge in [0.1, 0.15) is 11.2 Å². The van der Waals surface area contributed by atoms with Gasteiger partial charge >= 0.3 is 0 Å². The smallest absolute Gasteiger partial charge is 0.164 e. The highest BCUT2D eigenvalue weighted by molar-refractivity contribution is 6.14. The third kappa shape index (κ3) is 4.46. The predicted molar refractivity (Wildman–Crippen MR) is 174 cm³/mol. The van der Waals surface area contributed by atoms with Gasteiger partial charge in [0.15, 0.2) is 17.5 Å². The first-order valence-corrected chi connectivity index (χ1v) is 14.3. The minimum absolute atomic E-state index is 0.623. The van der Waals surface area contributed by atoms with E-state index in [9.17, 15) is 0 Å². The zero-order valence-corrected chi connectivity index (χ0v) is 23.2. The van der Waals surface area contributed by atoms with Crippen LogP contribution in [-0.4, -0.2) is 15.0 Å². The van der Waals surface area contributed by atoms with E-state index in [0.717, 1.165) is 60.9 Å². The molecule has 0 aliphatic rings. The van der Waals surface area contributed by atoms with Gasteiger partial charge in [-0.15, -0.1) is 0 Å². The van der Waals surface area contributed by atoms with Crippen LogP contribution in [0.4, 0.5) is 0 Å². The molecule has 0 unspecified atom stereocenters. The maximum Gasteiger partial charge on any atom is 0.164 e. The second-order valence-corrected chi connectivity index (χ2v) is 10.4. The van der Waals surface area contributed by atoms with Crippen LogP contribution in [0.5, 0.6) is 0 Å². The summed E-state index contributed by atoms with van der Waals surface area (Å²) in [6.45, 7) is 0. The number of hydrogen-bond donors (Lipinski definition) is 0. The van der Waals surface area contributed by atoms with Crippen molar-refractivity contribution in [2.24, 2.45) is 0 Å². The van der Waals surface area contributed by atoms with E-state index in [-0.39, 0.29) is 0 Å². The van der Waals surface area contributed by atoms with Crippen molar-refractivity contribution in [3.8, 4) is 56.4 Å². The molecule has 0 aliphatic carbocycles. The zero-order valence-electron chi connectivity index (χ0n) is 23.2. The van der Waals surface area contributed by atoms with Crippen molar-refractivity contribution >= 4 is 21.9 Å². The number of hydrogen-bond acceptors (Lipinski definition) is 4. The Morgan fingerprint density at radius 2 is 0.837 bits per heavy atom. The van der Waals surface area contributed by atoms with Crippen LogP contribution in [0.3, 0.4) is 0 Å². The van der Waals surface area contributed by atoms with E-state index in [2.05, 4.69) is 66.7 Å². The quantitative estimate of drug-likeness (QED) is 0.214. The average Bonchev–Trinajstić information content (AvgIpc) is 3.48. The lowest BCUT2D eigenvalue weighted by atomic mass is 9.88. The molecule has 0 N–H and O–H groups in total. The summed E-state index contributed by atoms with van der Waals surface area (Å²) in [5, 5.41) is 2.19. The largest absolute Gasteiger partial charge is 0.456 e. The van der Waals surface area contributed by atoms with Crippen molar-refractivity contribution in [3.63, 3.8) is 0 Å². The average molecular weight is 552 g/mol. The summed E-state index contributed by atoms with van der Waals surface area (Å²) in [6, 6.07) is 51.5. The molecule has 0 spiro atoms. The van der Waals surface area contributed by atoms with Crippen molar-refractivity contribution in [2.45, 2.75) is 0 Å². The minimum atomic E-state index is 0.623. The number of benzene rings is 6. The lowest BCUT2D eigenvalue weighted by Gasteiger charge is -2.17. The molecule has 6 aromatic carbocycles. The summed E-state index contributed by atoms with van der Waals surface area (Å²) >= 11 is 0. The molecule has 0 bridgehead atoms. The van der Waals surface area contributed by atoms with E-state index in [1.165, 1.54) is 0 Å². The van der Waals surface area contributed by atoms with Gasteiger partial charge in [-0.05, 0) is 28.8 Å². The van der Waals surface area contributed by atoms with Crippen LogP contribution in [0.2, 0.25) is 0 Å². The van der Waals surface area contributed by atoms with Crippen LogP contribution in [0.1, 0.15) is 0 Å². The highest BCUT2D eigenvalue weighted by Gasteiger charge is 2.21. The molecule has 2 aromatic heterocycles. The monoisotopic (exact) mass is 551 g/mol. The first-order chi connectivity index (χ1) is 21.3. The van der Waals surface area contributed by atoms with Crippen molar-refractivity contribution in [3.05, 3.63) is 152 Å². The van der Waals surface area contributed by atoms with Crippen molar-refractivity contribution in [2.75, 3.05) is 0 Å². The molecule has 4 heteroatoms. The normalized spacial score (nSPS) is 11.3. The van der Waals surface area contributed by atoms with E-state index in [0.29, 0.717) is 17.5 Å². The molecule has 0 amide bonds. The minimum Gasteiger partial charge on any atom is -0.456 e. The highest BCUT2D eigenvalue weighted by Crippen LogP contribution is 2.44. The van der Waals surface area contributed by atoms with Crippen LogP contribution in [-0.2, 0) is 0 Å². The molecule has 4 nitrogen and oxygen atoms in total. The van der Waals surface area contributed by atoms with E-state index in [1.807, 2.05) is 84.9 Å². The number of furan rings is 1. The van der Waals surface area contributed by atoms with Crippen LogP contribution in [0, 0.1) is 0 Å². The molecular formula is C39H25N3O. The molecule has 202 valence electrons. The Morgan fingerprint density at radius 3 is 1.51 bits per heavy atom. The van der Waals surface area contributed by atoms with Crippen LogP contribution in [0.25, 0.3) is 78.4 Å². The first-order valence-electron chi connectivity index (χ1n) is 14.3. The van der Waals surface area contributed by atoms with Gasteiger partial charge in [0.2, 0.25) is 0 Å². The van der Waals surface area contributed by atoms with Gasteiger partial charge in [-0.1, -0.05) is 140 Å². The summed E-state index contributed by atoms with van der Waals surface area (Å²) in [5.41, 5.74) is 8.88. The van der Waals surface area contributed by atoms with E-state index in [1.54, 1.807) is 0 Å². The van der Waals surface area contributed by atoms with Gasteiger partial charge in [-0.25, -0.2) is 15.0 Å². The molecule has 8 rings (SSSR count). The molecule has 0 saturated heterocycles. The van der Waals surface area contributed by atoms with Crippen LogP contribution < -0.4 is 0 Å². The number of para-hydroxylation sites is 1. The Bertz CT molecular complexity index is 2170. The molecule has 43 heavy (non-hydrogen) atoms. The fourth-order valence-electron chi connectivity index (χ4n) is 5.81. The van der Waals surface area contributed by atoms with Gasteiger partial charge in [0, 0.05) is 33.0 Å². The van der Waals surface area contributed by atoms with Gasteiger partial charge < -0.3 is 4.42 Å². The van der Waals surface area contributed by atoms with Crippen LogP contribution in [0.15, 0.2) is 156 Å². The van der Waals surface area contributed by atoms with Gasteiger partial charge in [0.05, 0.1) is 0 Å². The molecule has 0 atom stereocenters. The number of aromatic nitrogens is 3. The maximum absolute atomic E-state index is 6.27. The molecule has 0 fully saturated rings. The van der Waals surface area contributed by atoms with E-state index < -0.39 is 0 Å². The summed E-state index contributed by atoms with van der Waals surface area (Å²) in [7, 11) is 0. The highest BCUT2D eigenvalue weighted by atomic mass is 16.3. The fraction of sp³-hybridized carbons (Fsp3) is 0. The Kier molecular flexibility index (Phi) is 6.08. The topological polar surface area (TPSA) is 51.8 Å². The molecule has 8 aromatic rings. The summed E-state index contributed by atoms with van der Waals surface area (Å²) in [4.78, 5) is 15.1. The number of fused-ring (bicyclic) bond motifs is 3. The summed E-state index contributed by atoms with van der Waals surface area (Å²) in [6.07, 6.45) is 0. The van der Waals surface area contributed by atoms with E-state index >= 15 is 0 Å². The standard InChI is InChI=1S/C39H25N3O/c1-4-14-26(15-5-1)35-29(30-22-13-25-34-36(30)31-20-10-11-24-33(31)43-34)21-12-23-32(35)39-41-37(27-16-6-2-7-17-27)40-38(42-39)28-18-8-3-9-19-28/h1-25H. The molecule has 0 aliphatic heterocycles. The lowest BCUT2D eigenvalue weighted by Crippen LogP contribution is -2.01. The predicted octanol–water partition coefficient (Wildman–Crippen LogP) is 10.1. The fourth-order valence-corrected chi connectivity index (χ4v) is 5.81. The number of nitrogens with zero attached hydrogens (tertiary/aromatic N) is 3. The Labute approximate surface area is 249 Å². The zero-order chi connectivity index (χ0) is 28.6. The maximum atomic E-state index is 6.27. The van der Waals surface area contributed by atoms with Gasteiger partial charge in [-0.3, -0.25) is 0 Å². The Hall–Kier alpha value is -5.87. The van der Waals surface area contributed by atoms with Crippen molar-refractivity contribution in [1.29, 1.82) is 0 Å². The Morgan fingerprint density at radius 1 is 0.349 bits per heavy atom. The molecule has 2 heterocycles. The Balaban J connectivity index is 1.44. The van der Waals surface area contributed by atoms with E-state index in [4.69, 9.17) is 19.4 Å². The summed E-state index contributed by atoms with van der Waals surface area (Å²) in [5.74, 6) is 1.89. The molecule has 0 saturated carbocycles. The molecule has 0 radical (unpaired) electrons. The van der Waals surface area contributed by atoms with Crippen molar-refractivity contribution in [1.82, 2.24) is 15.0 Å². The molecular weight excluding hydrogens is 526 g/mol. The van der Waals surface area contributed by atoms with Crippen molar-refractivity contribution < 1.29 is 4.42 Å². The van der Waals surface area contributed by atoms with Crippen LogP contribution >= 0.6 is 0 Å². The van der Waals surface area contributed by atoms with Gasteiger partial charge in [0.25, 0.3) is 0 Å². The summed E-state index contributed by atoms with van der Waals surface area (Å²) < 4.78 is 6.27. The first kappa shape index (κ1) is 24.9. The number of rotatable bonds is 5. The lowest BCUT2D eigenvalue weighted by molar-refractivity contribution is 0.669.